The van der Waals surface area contributed by atoms with Gasteiger partial charge in [-0.05, 0) is 6.42 Å². The van der Waals surface area contributed by atoms with Gasteiger partial charge < -0.3 is 44.5 Å². The van der Waals surface area contributed by atoms with Crippen LogP contribution < -0.4 is 0 Å². The molecule has 0 aliphatic carbocycles. The molecule has 0 bridgehead atoms. The average molecular weight is 563 g/mol. The van der Waals surface area contributed by atoms with Crippen molar-refractivity contribution in [1.29, 1.82) is 0 Å². The highest BCUT2D eigenvalue weighted by Crippen LogP contribution is 2.23. The van der Waals surface area contributed by atoms with Gasteiger partial charge in [0.2, 0.25) is 0 Å². The first-order valence-corrected chi connectivity index (χ1v) is 15.6. The van der Waals surface area contributed by atoms with E-state index < -0.39 is 42.7 Å². The molecule has 2 heterocycles. The van der Waals surface area contributed by atoms with Crippen molar-refractivity contribution in [2.45, 2.75) is 140 Å². The smallest absolute Gasteiger partial charge is 0.114 e. The van der Waals surface area contributed by atoms with Crippen molar-refractivity contribution in [3.63, 3.8) is 0 Å². The summed E-state index contributed by atoms with van der Waals surface area (Å²) < 4.78 is 22.4. The standard InChI is InChI=1S/C30H58O9/c1-3-4-5-6-7-8-9-10-11-12-13-14-15-23(17-36-19-25(32)29-27(34)22(2)16-38-29)18-37-20-26(33)30-28(35)24(31)21-39-30/h22-35H,3-21H2,1-2H3. The van der Waals surface area contributed by atoms with Crippen LogP contribution in [0.4, 0.5) is 0 Å². The van der Waals surface area contributed by atoms with Crippen LogP contribution in [0.25, 0.3) is 0 Å². The van der Waals surface area contributed by atoms with Crippen molar-refractivity contribution in [3.8, 4) is 0 Å². The van der Waals surface area contributed by atoms with Crippen LogP contribution in [0.15, 0.2) is 0 Å². The second-order valence-electron chi connectivity index (χ2n) is 11.9. The van der Waals surface area contributed by atoms with Crippen molar-refractivity contribution in [2.24, 2.45) is 11.8 Å². The highest BCUT2D eigenvalue weighted by Gasteiger charge is 2.39. The summed E-state index contributed by atoms with van der Waals surface area (Å²) in [4.78, 5) is 0. The van der Waals surface area contributed by atoms with Crippen LogP contribution in [0.2, 0.25) is 0 Å². The third kappa shape index (κ3) is 13.4. The molecule has 232 valence electrons. The molecule has 9 heteroatoms. The Hall–Kier alpha value is -0.360. The summed E-state index contributed by atoms with van der Waals surface area (Å²) in [5.74, 6) is 0.0763. The van der Waals surface area contributed by atoms with E-state index in [-0.39, 0.29) is 31.7 Å². The van der Waals surface area contributed by atoms with Gasteiger partial charge in [-0.1, -0.05) is 90.9 Å². The fourth-order valence-electron chi connectivity index (χ4n) is 5.48. The van der Waals surface area contributed by atoms with E-state index in [1.165, 1.54) is 64.2 Å². The second kappa shape index (κ2) is 20.5. The van der Waals surface area contributed by atoms with Crippen LogP contribution in [0.3, 0.4) is 0 Å². The predicted molar refractivity (Wildman–Crippen MR) is 150 cm³/mol. The molecular weight excluding hydrogens is 504 g/mol. The third-order valence-corrected chi connectivity index (χ3v) is 8.17. The van der Waals surface area contributed by atoms with Crippen LogP contribution in [0.1, 0.15) is 97.3 Å². The number of aliphatic hydroxyl groups excluding tert-OH is 5. The zero-order valence-corrected chi connectivity index (χ0v) is 24.5. The SMILES string of the molecule is CCCCCCCCCCCCCCC(COCC(O)C1OCC(C)C1O)COCC(O)C1OCC(O)C1O. The molecule has 2 aliphatic heterocycles. The lowest BCUT2D eigenvalue weighted by Gasteiger charge is -2.24. The van der Waals surface area contributed by atoms with Crippen LogP contribution in [0.5, 0.6) is 0 Å². The zero-order valence-electron chi connectivity index (χ0n) is 24.5. The molecule has 0 aromatic heterocycles. The molecule has 0 radical (unpaired) electrons. The van der Waals surface area contributed by atoms with Crippen LogP contribution in [-0.2, 0) is 18.9 Å². The number of rotatable bonds is 23. The highest BCUT2D eigenvalue weighted by atomic mass is 16.6. The van der Waals surface area contributed by atoms with Gasteiger partial charge in [-0.2, -0.15) is 0 Å². The fourth-order valence-corrected chi connectivity index (χ4v) is 5.48. The molecule has 0 saturated carbocycles. The Morgan fingerprint density at radius 2 is 1.10 bits per heavy atom. The molecule has 2 saturated heterocycles. The maximum Gasteiger partial charge on any atom is 0.114 e. The molecule has 39 heavy (non-hydrogen) atoms. The van der Waals surface area contributed by atoms with E-state index in [9.17, 15) is 25.5 Å². The maximum absolute atomic E-state index is 10.4. The third-order valence-electron chi connectivity index (χ3n) is 8.17. The van der Waals surface area contributed by atoms with E-state index in [0.717, 1.165) is 19.3 Å². The van der Waals surface area contributed by atoms with Crippen molar-refractivity contribution >= 4 is 0 Å². The topological polar surface area (TPSA) is 138 Å². The molecule has 9 nitrogen and oxygen atoms in total. The first kappa shape index (κ1) is 34.8. The molecular formula is C30H58O9. The number of ether oxygens (including phenoxy) is 4. The Morgan fingerprint density at radius 1 is 0.641 bits per heavy atom. The summed E-state index contributed by atoms with van der Waals surface area (Å²) in [6.45, 7) is 5.40. The van der Waals surface area contributed by atoms with Gasteiger partial charge in [0.05, 0.1) is 45.7 Å². The molecule has 9 unspecified atom stereocenters. The molecule has 0 aromatic rings. The first-order valence-electron chi connectivity index (χ1n) is 15.6. The van der Waals surface area contributed by atoms with E-state index in [1.807, 2.05) is 6.92 Å². The maximum atomic E-state index is 10.4. The Labute approximate surface area is 236 Å². The van der Waals surface area contributed by atoms with E-state index in [1.54, 1.807) is 0 Å². The van der Waals surface area contributed by atoms with E-state index in [0.29, 0.717) is 19.8 Å². The van der Waals surface area contributed by atoms with E-state index >= 15 is 0 Å². The van der Waals surface area contributed by atoms with Crippen LogP contribution in [0, 0.1) is 11.8 Å². The number of hydrogen-bond donors (Lipinski definition) is 5. The molecule has 2 aliphatic rings. The van der Waals surface area contributed by atoms with Gasteiger partial charge in [0, 0.05) is 11.8 Å². The Kier molecular flexibility index (Phi) is 18.3. The Bertz CT molecular complexity index is 559. The number of aliphatic hydroxyl groups is 5. The number of unbranched alkanes of at least 4 members (excludes halogenated alkanes) is 11. The van der Waals surface area contributed by atoms with Gasteiger partial charge in [-0.15, -0.1) is 0 Å². The summed E-state index contributed by atoms with van der Waals surface area (Å²) in [7, 11) is 0. The Morgan fingerprint density at radius 3 is 1.54 bits per heavy atom. The fraction of sp³-hybridized carbons (Fsp3) is 1.00. The molecule has 9 atom stereocenters. The average Bonchev–Trinajstić information content (AvgIpc) is 3.44. The van der Waals surface area contributed by atoms with Gasteiger partial charge in [-0.25, -0.2) is 0 Å². The minimum absolute atomic E-state index is 0.00116. The lowest BCUT2D eigenvalue weighted by atomic mass is 10.00. The zero-order chi connectivity index (χ0) is 28.5. The molecule has 2 fully saturated rings. The van der Waals surface area contributed by atoms with Gasteiger partial charge in [-0.3, -0.25) is 0 Å². The number of hydrogen-bond acceptors (Lipinski definition) is 9. The minimum Gasteiger partial charge on any atom is -0.390 e. The highest BCUT2D eigenvalue weighted by molar-refractivity contribution is 4.88. The van der Waals surface area contributed by atoms with Crippen LogP contribution >= 0.6 is 0 Å². The summed E-state index contributed by atoms with van der Waals surface area (Å²) >= 11 is 0. The Balaban J connectivity index is 1.64. The van der Waals surface area contributed by atoms with Crippen molar-refractivity contribution in [1.82, 2.24) is 0 Å². The van der Waals surface area contributed by atoms with Crippen molar-refractivity contribution in [3.05, 3.63) is 0 Å². The quantitative estimate of drug-likeness (QED) is 0.119. The van der Waals surface area contributed by atoms with Gasteiger partial charge in [0.25, 0.3) is 0 Å². The predicted octanol–water partition coefficient (Wildman–Crippen LogP) is 2.97. The van der Waals surface area contributed by atoms with Crippen molar-refractivity contribution in [2.75, 3.05) is 39.6 Å². The molecule has 2 rings (SSSR count). The monoisotopic (exact) mass is 562 g/mol. The van der Waals surface area contributed by atoms with Crippen molar-refractivity contribution < 1.29 is 44.5 Å². The molecule has 5 N–H and O–H groups in total. The molecule has 0 spiro atoms. The molecule has 0 aromatic carbocycles. The summed E-state index contributed by atoms with van der Waals surface area (Å²) in [6.07, 6.45) is 10.1. The second-order valence-corrected chi connectivity index (χ2v) is 11.9. The summed E-state index contributed by atoms with van der Waals surface area (Å²) in [5, 5.41) is 50.5. The minimum atomic E-state index is -1.12. The first-order chi connectivity index (χ1) is 18.8. The molecule has 0 amide bonds. The normalized spacial score (nSPS) is 29.6. The lowest BCUT2D eigenvalue weighted by molar-refractivity contribution is -0.0959. The van der Waals surface area contributed by atoms with E-state index in [4.69, 9.17) is 18.9 Å². The van der Waals surface area contributed by atoms with Gasteiger partial charge in [0.1, 0.15) is 36.6 Å². The lowest BCUT2D eigenvalue weighted by Crippen LogP contribution is -2.41. The summed E-state index contributed by atoms with van der Waals surface area (Å²) in [6, 6.07) is 0. The van der Waals surface area contributed by atoms with Gasteiger partial charge in [0.15, 0.2) is 0 Å². The van der Waals surface area contributed by atoms with Gasteiger partial charge >= 0.3 is 0 Å². The van der Waals surface area contributed by atoms with E-state index in [2.05, 4.69) is 6.92 Å². The van der Waals surface area contributed by atoms with Crippen LogP contribution in [-0.4, -0.2) is 108 Å². The summed E-state index contributed by atoms with van der Waals surface area (Å²) in [5.41, 5.74) is 0. The largest absolute Gasteiger partial charge is 0.390 e.